The van der Waals surface area contributed by atoms with Crippen molar-refractivity contribution in [2.45, 2.75) is 27.3 Å². The van der Waals surface area contributed by atoms with E-state index in [1.807, 2.05) is 63.2 Å². The van der Waals surface area contributed by atoms with Crippen LogP contribution in [0.25, 0.3) is 0 Å². The normalized spacial score (nSPS) is 10.6. The van der Waals surface area contributed by atoms with Gasteiger partial charge in [-0.3, -0.25) is 4.98 Å². The Hall–Kier alpha value is -2.88. The first-order valence-corrected chi connectivity index (χ1v) is 7.90. The van der Waals surface area contributed by atoms with Crippen molar-refractivity contribution in [1.82, 2.24) is 9.55 Å². The summed E-state index contributed by atoms with van der Waals surface area (Å²) in [6, 6.07) is 15.2. The van der Waals surface area contributed by atoms with Gasteiger partial charge in [0.1, 0.15) is 5.75 Å². The quantitative estimate of drug-likeness (QED) is 0.537. The number of benzene rings is 1. The van der Waals surface area contributed by atoms with Gasteiger partial charge in [-0.15, -0.1) is 0 Å². The lowest BCUT2D eigenvalue weighted by molar-refractivity contribution is 0.0732. The van der Waals surface area contributed by atoms with Crippen LogP contribution in [-0.4, -0.2) is 15.5 Å². The standard InChI is InChI=1S/C20H20N2O2/c1-14-8-4-5-10-19(14)24-20(23)18-12-15(2)22(16(18)3)13-17-9-6-7-11-21-17/h4-12H,13H2,1-3H3. The van der Waals surface area contributed by atoms with Crippen molar-refractivity contribution in [1.29, 1.82) is 0 Å². The molecule has 0 N–H and O–H groups in total. The SMILES string of the molecule is Cc1ccccc1OC(=O)c1cc(C)n(Cc2ccccn2)c1C. The Morgan fingerprint density at radius 1 is 1.08 bits per heavy atom. The zero-order valence-corrected chi connectivity index (χ0v) is 14.1. The molecule has 0 radical (unpaired) electrons. The molecular formula is C20H20N2O2. The van der Waals surface area contributed by atoms with E-state index in [0.717, 1.165) is 22.6 Å². The van der Waals surface area contributed by atoms with Gasteiger partial charge in [-0.05, 0) is 50.6 Å². The van der Waals surface area contributed by atoms with Crippen molar-refractivity contribution in [2.24, 2.45) is 0 Å². The zero-order valence-electron chi connectivity index (χ0n) is 14.1. The lowest BCUT2D eigenvalue weighted by Gasteiger charge is -2.10. The van der Waals surface area contributed by atoms with E-state index in [-0.39, 0.29) is 5.97 Å². The van der Waals surface area contributed by atoms with Crippen LogP contribution in [0.1, 0.15) is 33.0 Å². The van der Waals surface area contributed by atoms with Crippen molar-refractivity contribution in [2.75, 3.05) is 0 Å². The van der Waals surface area contributed by atoms with Crippen molar-refractivity contribution in [3.63, 3.8) is 0 Å². The Bertz CT molecular complexity index is 867. The maximum Gasteiger partial charge on any atom is 0.345 e. The Morgan fingerprint density at radius 3 is 2.54 bits per heavy atom. The van der Waals surface area contributed by atoms with Crippen LogP contribution < -0.4 is 4.74 Å². The molecular weight excluding hydrogens is 300 g/mol. The first-order valence-electron chi connectivity index (χ1n) is 7.90. The van der Waals surface area contributed by atoms with E-state index in [4.69, 9.17) is 4.74 Å². The monoisotopic (exact) mass is 320 g/mol. The minimum Gasteiger partial charge on any atom is -0.423 e. The molecule has 4 heteroatoms. The highest BCUT2D eigenvalue weighted by molar-refractivity contribution is 5.92. The summed E-state index contributed by atoms with van der Waals surface area (Å²) in [5.74, 6) is 0.265. The second-order valence-corrected chi connectivity index (χ2v) is 5.85. The molecule has 0 spiro atoms. The summed E-state index contributed by atoms with van der Waals surface area (Å²) in [4.78, 5) is 16.9. The number of rotatable bonds is 4. The minimum atomic E-state index is -0.329. The van der Waals surface area contributed by atoms with Crippen LogP contribution in [0.4, 0.5) is 0 Å². The minimum absolute atomic E-state index is 0.329. The average Bonchev–Trinajstić information content (AvgIpc) is 2.86. The molecule has 0 unspecified atom stereocenters. The first kappa shape index (κ1) is 16.0. The van der Waals surface area contributed by atoms with E-state index in [9.17, 15) is 4.79 Å². The molecule has 0 aliphatic carbocycles. The van der Waals surface area contributed by atoms with E-state index < -0.39 is 0 Å². The van der Waals surface area contributed by atoms with Crippen LogP contribution in [0.3, 0.4) is 0 Å². The van der Waals surface area contributed by atoms with Gasteiger partial charge in [0.05, 0.1) is 17.8 Å². The van der Waals surface area contributed by atoms with E-state index in [1.165, 1.54) is 0 Å². The number of nitrogens with zero attached hydrogens (tertiary/aromatic N) is 2. The molecule has 0 aliphatic heterocycles. The first-order chi connectivity index (χ1) is 11.6. The molecule has 122 valence electrons. The van der Waals surface area contributed by atoms with Gasteiger partial charge in [0.25, 0.3) is 0 Å². The number of aryl methyl sites for hydroxylation is 2. The maximum absolute atomic E-state index is 12.6. The highest BCUT2D eigenvalue weighted by atomic mass is 16.5. The fraction of sp³-hybridized carbons (Fsp3) is 0.200. The molecule has 2 aromatic heterocycles. The molecule has 1 aromatic carbocycles. The van der Waals surface area contributed by atoms with E-state index in [1.54, 1.807) is 12.3 Å². The molecule has 4 nitrogen and oxygen atoms in total. The van der Waals surface area contributed by atoms with Crippen molar-refractivity contribution in [3.8, 4) is 5.75 Å². The Kier molecular flexibility index (Phi) is 4.47. The van der Waals surface area contributed by atoms with Crippen molar-refractivity contribution in [3.05, 3.63) is 82.9 Å². The Labute approximate surface area is 141 Å². The summed E-state index contributed by atoms with van der Waals surface area (Å²) in [7, 11) is 0. The molecule has 3 aromatic rings. The Morgan fingerprint density at radius 2 is 1.83 bits per heavy atom. The van der Waals surface area contributed by atoms with Crippen LogP contribution in [0.15, 0.2) is 54.7 Å². The van der Waals surface area contributed by atoms with Crippen molar-refractivity contribution < 1.29 is 9.53 Å². The van der Waals surface area contributed by atoms with Gasteiger partial charge < -0.3 is 9.30 Å². The van der Waals surface area contributed by atoms with Gasteiger partial charge in [0, 0.05) is 17.6 Å². The molecule has 0 saturated heterocycles. The molecule has 0 aliphatic rings. The number of hydrogen-bond acceptors (Lipinski definition) is 3. The number of carbonyl (C=O) groups is 1. The summed E-state index contributed by atoms with van der Waals surface area (Å²) in [6.07, 6.45) is 1.77. The van der Waals surface area contributed by atoms with Crippen molar-refractivity contribution >= 4 is 5.97 Å². The van der Waals surface area contributed by atoms with Gasteiger partial charge in [-0.1, -0.05) is 24.3 Å². The lowest BCUT2D eigenvalue weighted by atomic mass is 10.2. The number of carbonyl (C=O) groups excluding carboxylic acids is 1. The fourth-order valence-electron chi connectivity index (χ4n) is 2.73. The predicted molar refractivity (Wildman–Crippen MR) is 93.4 cm³/mol. The van der Waals surface area contributed by atoms with Gasteiger partial charge >= 0.3 is 5.97 Å². The largest absolute Gasteiger partial charge is 0.423 e. The molecule has 0 fully saturated rings. The third kappa shape index (κ3) is 3.23. The lowest BCUT2D eigenvalue weighted by Crippen LogP contribution is -2.11. The zero-order chi connectivity index (χ0) is 17.1. The summed E-state index contributed by atoms with van der Waals surface area (Å²) < 4.78 is 7.64. The topological polar surface area (TPSA) is 44.1 Å². The number of pyridine rings is 1. The summed E-state index contributed by atoms with van der Waals surface area (Å²) in [5, 5.41) is 0. The number of hydrogen-bond donors (Lipinski definition) is 0. The van der Waals surface area contributed by atoms with Gasteiger partial charge in [-0.25, -0.2) is 4.79 Å². The van der Waals surface area contributed by atoms with Gasteiger partial charge in [0.15, 0.2) is 0 Å². The second kappa shape index (κ2) is 6.71. The summed E-state index contributed by atoms with van der Waals surface area (Å²) in [6.45, 7) is 6.48. The molecule has 3 rings (SSSR count). The molecule has 0 amide bonds. The van der Waals surface area contributed by atoms with Crippen LogP contribution >= 0.6 is 0 Å². The van der Waals surface area contributed by atoms with Crippen LogP contribution in [0.5, 0.6) is 5.75 Å². The number of ether oxygens (including phenoxy) is 1. The van der Waals surface area contributed by atoms with Gasteiger partial charge in [0.2, 0.25) is 0 Å². The van der Waals surface area contributed by atoms with Crippen LogP contribution in [0.2, 0.25) is 0 Å². The van der Waals surface area contributed by atoms with E-state index >= 15 is 0 Å². The predicted octanol–water partition coefficient (Wildman–Crippen LogP) is 4.08. The number of esters is 1. The van der Waals surface area contributed by atoms with Crippen LogP contribution in [-0.2, 0) is 6.54 Å². The van der Waals surface area contributed by atoms with Gasteiger partial charge in [-0.2, -0.15) is 0 Å². The fourth-order valence-corrected chi connectivity index (χ4v) is 2.73. The Balaban J connectivity index is 1.86. The molecule has 0 bridgehead atoms. The molecule has 0 atom stereocenters. The summed E-state index contributed by atoms with van der Waals surface area (Å²) >= 11 is 0. The highest BCUT2D eigenvalue weighted by Crippen LogP contribution is 2.21. The average molecular weight is 320 g/mol. The van der Waals surface area contributed by atoms with E-state index in [2.05, 4.69) is 9.55 Å². The van der Waals surface area contributed by atoms with E-state index in [0.29, 0.717) is 17.9 Å². The number of para-hydroxylation sites is 1. The highest BCUT2D eigenvalue weighted by Gasteiger charge is 2.18. The third-order valence-corrected chi connectivity index (χ3v) is 4.14. The maximum atomic E-state index is 12.6. The molecule has 0 saturated carbocycles. The molecule has 2 heterocycles. The number of aromatic nitrogens is 2. The molecule has 24 heavy (non-hydrogen) atoms. The third-order valence-electron chi connectivity index (χ3n) is 4.14. The smallest absolute Gasteiger partial charge is 0.345 e. The second-order valence-electron chi connectivity index (χ2n) is 5.85. The summed E-state index contributed by atoms with van der Waals surface area (Å²) in [5.41, 5.74) is 4.38. The van der Waals surface area contributed by atoms with Crippen LogP contribution in [0, 0.1) is 20.8 Å².